The number of carbonyl (C=O) groups is 1. The van der Waals surface area contributed by atoms with Crippen LogP contribution in [0.15, 0.2) is 36.5 Å². The second-order valence-corrected chi connectivity index (χ2v) is 6.80. The molecular weight excluding hydrogens is 330 g/mol. The summed E-state index contributed by atoms with van der Waals surface area (Å²) >= 11 is 0. The lowest BCUT2D eigenvalue weighted by Gasteiger charge is -2.12. The highest BCUT2D eigenvalue weighted by Gasteiger charge is 2.29. The van der Waals surface area contributed by atoms with Gasteiger partial charge in [-0.2, -0.15) is 5.10 Å². The van der Waals surface area contributed by atoms with Crippen LogP contribution >= 0.6 is 0 Å². The van der Waals surface area contributed by atoms with E-state index in [1.54, 1.807) is 0 Å². The standard InChI is InChI=1S/C19H23N5O2/c25-19-21-8-3-1-2-4-14-11-15(7-9-20-14)22-18-12-17(23-24-18)13-5-6-16(10-13)26-19/h1,3,7,9,11-13,16H,2,4-6,8,10H2,(H,21,25)(H2,22,23,24)/b3-1+/t13-,16+/m0/s1. The number of anilines is 2. The van der Waals surface area contributed by atoms with Crippen LogP contribution in [0.5, 0.6) is 0 Å². The summed E-state index contributed by atoms with van der Waals surface area (Å²) < 4.78 is 5.52. The van der Waals surface area contributed by atoms with Gasteiger partial charge in [0.25, 0.3) is 0 Å². The molecule has 2 aromatic rings. The molecule has 0 spiro atoms. The average Bonchev–Trinajstić information content (AvgIpc) is 3.27. The molecule has 7 heteroatoms. The molecule has 0 aromatic carbocycles. The normalized spacial score (nSPS) is 24.5. The molecular formula is C19H23N5O2. The molecule has 3 heterocycles. The summed E-state index contributed by atoms with van der Waals surface area (Å²) in [7, 11) is 0. The number of ether oxygens (including phenoxy) is 1. The molecule has 26 heavy (non-hydrogen) atoms. The lowest BCUT2D eigenvalue weighted by atomic mass is 10.0. The number of pyridine rings is 1. The molecule has 2 atom stereocenters. The number of H-pyrrole nitrogens is 1. The number of nitrogens with one attached hydrogen (secondary N) is 3. The van der Waals surface area contributed by atoms with Crippen molar-refractivity contribution in [3.63, 3.8) is 0 Å². The van der Waals surface area contributed by atoms with E-state index in [0.29, 0.717) is 12.5 Å². The summed E-state index contributed by atoms with van der Waals surface area (Å²) in [6.45, 7) is 0.480. The minimum atomic E-state index is -0.345. The van der Waals surface area contributed by atoms with Crippen molar-refractivity contribution < 1.29 is 9.53 Å². The number of allylic oxidation sites excluding steroid dienone is 1. The third kappa shape index (κ3) is 4.04. The van der Waals surface area contributed by atoms with Gasteiger partial charge < -0.3 is 15.4 Å². The fraction of sp³-hybridized carbons (Fsp3) is 0.421. The van der Waals surface area contributed by atoms with Gasteiger partial charge in [0, 0.05) is 41.8 Å². The number of nitrogens with zero attached hydrogens (tertiary/aromatic N) is 2. The van der Waals surface area contributed by atoms with Crippen LogP contribution in [0, 0.1) is 0 Å². The Kier molecular flexibility index (Phi) is 4.86. The molecule has 0 radical (unpaired) electrons. The lowest BCUT2D eigenvalue weighted by Crippen LogP contribution is -2.28. The maximum absolute atomic E-state index is 11.9. The number of aromatic nitrogens is 3. The number of amides is 1. The number of alkyl carbamates (subject to hydrolysis) is 1. The Morgan fingerprint density at radius 1 is 1.19 bits per heavy atom. The average molecular weight is 353 g/mol. The Bertz CT molecular complexity index is 801. The monoisotopic (exact) mass is 353 g/mol. The van der Waals surface area contributed by atoms with Gasteiger partial charge in [-0.3, -0.25) is 10.1 Å². The Labute approximate surface area is 152 Å². The molecule has 0 unspecified atom stereocenters. The van der Waals surface area contributed by atoms with Gasteiger partial charge in [0.05, 0.1) is 0 Å². The van der Waals surface area contributed by atoms with Crippen molar-refractivity contribution in [2.45, 2.75) is 44.1 Å². The zero-order chi connectivity index (χ0) is 17.8. The second-order valence-electron chi connectivity index (χ2n) is 6.80. The van der Waals surface area contributed by atoms with Crippen molar-refractivity contribution in [3.05, 3.63) is 47.9 Å². The van der Waals surface area contributed by atoms with E-state index >= 15 is 0 Å². The Balaban J connectivity index is 1.54. The molecule has 136 valence electrons. The van der Waals surface area contributed by atoms with Gasteiger partial charge in [-0.1, -0.05) is 12.2 Å². The van der Waals surface area contributed by atoms with E-state index in [-0.39, 0.29) is 12.2 Å². The molecule has 1 fully saturated rings. The summed E-state index contributed by atoms with van der Waals surface area (Å²) in [5.74, 6) is 1.13. The summed E-state index contributed by atoms with van der Waals surface area (Å²) in [6.07, 6.45) is 9.83. The topological polar surface area (TPSA) is 91.9 Å². The maximum atomic E-state index is 11.9. The highest BCUT2D eigenvalue weighted by atomic mass is 16.6. The van der Waals surface area contributed by atoms with Gasteiger partial charge in [-0.15, -0.1) is 0 Å². The summed E-state index contributed by atoms with van der Waals surface area (Å²) in [5, 5.41) is 13.6. The number of hydrogen-bond donors (Lipinski definition) is 3. The fourth-order valence-corrected chi connectivity index (χ4v) is 3.55. The van der Waals surface area contributed by atoms with Crippen LogP contribution in [0.4, 0.5) is 16.3 Å². The van der Waals surface area contributed by atoms with Crippen molar-refractivity contribution in [3.8, 4) is 0 Å². The first-order valence-corrected chi connectivity index (χ1v) is 9.13. The molecule has 2 aliphatic rings. The van der Waals surface area contributed by atoms with E-state index in [1.165, 1.54) is 0 Å². The zero-order valence-corrected chi connectivity index (χ0v) is 14.6. The molecule has 4 rings (SSSR count). The molecule has 2 aromatic heterocycles. The van der Waals surface area contributed by atoms with Crippen LogP contribution in [0.2, 0.25) is 0 Å². The van der Waals surface area contributed by atoms with Gasteiger partial charge >= 0.3 is 6.09 Å². The van der Waals surface area contributed by atoms with Gasteiger partial charge in [0.1, 0.15) is 6.10 Å². The summed E-state index contributed by atoms with van der Waals surface area (Å²) in [4.78, 5) is 16.3. The molecule has 7 nitrogen and oxygen atoms in total. The maximum Gasteiger partial charge on any atom is 0.407 e. The Morgan fingerprint density at radius 3 is 3.12 bits per heavy atom. The molecule has 3 N–H and O–H groups in total. The minimum Gasteiger partial charge on any atom is -0.446 e. The molecule has 1 aliphatic carbocycles. The quantitative estimate of drug-likeness (QED) is 0.631. The number of fused-ring (bicyclic) bond motifs is 7. The van der Waals surface area contributed by atoms with E-state index in [9.17, 15) is 4.79 Å². The van der Waals surface area contributed by atoms with E-state index in [4.69, 9.17) is 4.74 Å². The number of hydrogen-bond acceptors (Lipinski definition) is 5. The van der Waals surface area contributed by atoms with Gasteiger partial charge in [-0.05, 0) is 44.2 Å². The lowest BCUT2D eigenvalue weighted by molar-refractivity contribution is 0.101. The van der Waals surface area contributed by atoms with Gasteiger partial charge in [-0.25, -0.2) is 4.79 Å². The molecule has 1 aliphatic heterocycles. The number of aromatic amines is 1. The first kappa shape index (κ1) is 16.6. The Hall–Kier alpha value is -2.83. The van der Waals surface area contributed by atoms with E-state index < -0.39 is 0 Å². The number of rotatable bonds is 0. The second kappa shape index (κ2) is 7.59. The highest BCUT2D eigenvalue weighted by Crippen LogP contribution is 2.36. The fourth-order valence-electron chi connectivity index (χ4n) is 3.55. The van der Waals surface area contributed by atoms with Crippen molar-refractivity contribution in [2.24, 2.45) is 0 Å². The van der Waals surface area contributed by atoms with Crippen molar-refractivity contribution in [1.82, 2.24) is 20.5 Å². The first-order chi connectivity index (χ1) is 12.8. The van der Waals surface area contributed by atoms with Crippen LogP contribution in [0.25, 0.3) is 0 Å². The third-order valence-electron chi connectivity index (χ3n) is 4.88. The summed E-state index contributed by atoms with van der Waals surface area (Å²) in [5.41, 5.74) is 3.08. The number of aryl methyl sites for hydroxylation is 1. The van der Waals surface area contributed by atoms with Gasteiger partial charge in [0.15, 0.2) is 5.82 Å². The van der Waals surface area contributed by atoms with Crippen molar-refractivity contribution >= 4 is 17.6 Å². The van der Waals surface area contributed by atoms with Crippen LogP contribution in [0.1, 0.15) is 43.0 Å². The largest absolute Gasteiger partial charge is 0.446 e. The van der Waals surface area contributed by atoms with E-state index in [1.807, 2.05) is 30.5 Å². The number of carbonyl (C=O) groups excluding carboxylic acids is 1. The van der Waals surface area contributed by atoms with Gasteiger partial charge in [0.2, 0.25) is 0 Å². The molecule has 1 saturated carbocycles. The minimum absolute atomic E-state index is 0.0367. The predicted octanol–water partition coefficient (Wildman–Crippen LogP) is 3.41. The zero-order valence-electron chi connectivity index (χ0n) is 14.6. The van der Waals surface area contributed by atoms with Crippen LogP contribution < -0.4 is 10.6 Å². The predicted molar refractivity (Wildman–Crippen MR) is 98.4 cm³/mol. The smallest absolute Gasteiger partial charge is 0.407 e. The van der Waals surface area contributed by atoms with Crippen molar-refractivity contribution in [1.29, 1.82) is 0 Å². The highest BCUT2D eigenvalue weighted by molar-refractivity contribution is 5.67. The van der Waals surface area contributed by atoms with Crippen LogP contribution in [0.3, 0.4) is 0 Å². The molecule has 0 saturated heterocycles. The third-order valence-corrected chi connectivity index (χ3v) is 4.88. The SMILES string of the molecule is O=C1NC/C=C/CCc2cc(ccn2)Nc2cc([nH]n2)[C@H]2CC[C@H](C2)O1. The first-order valence-electron chi connectivity index (χ1n) is 9.13. The summed E-state index contributed by atoms with van der Waals surface area (Å²) in [6, 6.07) is 6.03. The van der Waals surface area contributed by atoms with Crippen LogP contribution in [-0.4, -0.2) is 33.9 Å². The van der Waals surface area contributed by atoms with Crippen LogP contribution in [-0.2, 0) is 11.2 Å². The van der Waals surface area contributed by atoms with Crippen molar-refractivity contribution in [2.75, 3.05) is 11.9 Å². The Morgan fingerprint density at radius 2 is 2.15 bits per heavy atom. The van der Waals surface area contributed by atoms with E-state index in [2.05, 4.69) is 31.9 Å². The molecule has 1 amide bonds. The van der Waals surface area contributed by atoms with E-state index in [0.717, 1.165) is 55.0 Å². The molecule has 6 bridgehead atoms.